The smallest absolute Gasteiger partial charge is 0.343 e. The van der Waals surface area contributed by atoms with Crippen LogP contribution in [0.5, 0.6) is 0 Å². The van der Waals surface area contributed by atoms with E-state index in [9.17, 15) is 4.79 Å². The molecule has 0 unspecified atom stereocenters. The van der Waals surface area contributed by atoms with E-state index in [1.54, 1.807) is 11.4 Å². The summed E-state index contributed by atoms with van der Waals surface area (Å²) in [6.07, 6.45) is 2.11. The maximum atomic E-state index is 12.2. The van der Waals surface area contributed by atoms with Crippen molar-refractivity contribution in [2.24, 2.45) is 0 Å². The largest absolute Gasteiger partial charge is 0.462 e. The van der Waals surface area contributed by atoms with E-state index in [1.807, 2.05) is 44.2 Å². The van der Waals surface area contributed by atoms with Crippen LogP contribution in [0.15, 0.2) is 36.5 Å². The van der Waals surface area contributed by atoms with Crippen molar-refractivity contribution in [1.29, 1.82) is 0 Å². The van der Waals surface area contributed by atoms with Crippen LogP contribution in [0.2, 0.25) is 5.02 Å². The third-order valence-electron chi connectivity index (χ3n) is 4.76. The molecule has 3 aromatic heterocycles. The second-order valence-corrected chi connectivity index (χ2v) is 7.19. The standard InChI is InChI=1S/C21H21ClN6O2/c1-4-16-18(13-6-8-14(22)9-7-13)20-25-12(3)10-17(28(20)26-16)27-19(23)15(11-24-27)21(29)30-5-2/h6-11H,4-5,23H2,1-3H3. The fraction of sp³-hybridized carbons (Fsp3) is 0.238. The molecular weight excluding hydrogens is 404 g/mol. The Labute approximate surface area is 178 Å². The molecule has 0 bridgehead atoms. The van der Waals surface area contributed by atoms with Gasteiger partial charge in [-0.05, 0) is 38.0 Å². The first-order chi connectivity index (χ1) is 14.4. The lowest BCUT2D eigenvalue weighted by Gasteiger charge is -2.09. The van der Waals surface area contributed by atoms with Gasteiger partial charge in [0.05, 0.1) is 18.5 Å². The zero-order valence-electron chi connectivity index (χ0n) is 16.9. The molecule has 30 heavy (non-hydrogen) atoms. The number of nitrogen functional groups attached to an aromatic ring is 1. The van der Waals surface area contributed by atoms with Gasteiger partial charge in [0, 0.05) is 22.3 Å². The molecule has 9 heteroatoms. The zero-order valence-corrected chi connectivity index (χ0v) is 17.6. The lowest BCUT2D eigenvalue weighted by Crippen LogP contribution is -2.12. The minimum absolute atomic E-state index is 0.182. The highest BCUT2D eigenvalue weighted by atomic mass is 35.5. The van der Waals surface area contributed by atoms with Crippen molar-refractivity contribution in [3.05, 3.63) is 58.5 Å². The van der Waals surface area contributed by atoms with Crippen LogP contribution in [0.1, 0.15) is 35.6 Å². The van der Waals surface area contributed by atoms with E-state index in [-0.39, 0.29) is 18.0 Å². The molecule has 0 amide bonds. The number of carbonyl (C=O) groups excluding carboxylic acids is 1. The molecule has 0 saturated heterocycles. The number of benzene rings is 1. The van der Waals surface area contributed by atoms with Crippen LogP contribution in [0.25, 0.3) is 22.6 Å². The average Bonchev–Trinajstić information content (AvgIpc) is 3.28. The van der Waals surface area contributed by atoms with Crippen molar-refractivity contribution in [3.8, 4) is 16.9 Å². The number of hydrogen-bond acceptors (Lipinski definition) is 6. The van der Waals surface area contributed by atoms with Crippen LogP contribution >= 0.6 is 11.6 Å². The summed E-state index contributed by atoms with van der Waals surface area (Å²) in [5.41, 5.74) is 10.7. The Morgan fingerprint density at radius 2 is 1.97 bits per heavy atom. The second kappa shape index (κ2) is 7.79. The van der Waals surface area contributed by atoms with E-state index in [2.05, 4.69) is 5.10 Å². The highest BCUT2D eigenvalue weighted by Crippen LogP contribution is 2.31. The van der Waals surface area contributed by atoms with E-state index >= 15 is 0 Å². The van der Waals surface area contributed by atoms with E-state index in [4.69, 9.17) is 32.2 Å². The lowest BCUT2D eigenvalue weighted by molar-refractivity contribution is 0.0527. The molecule has 0 radical (unpaired) electrons. The van der Waals surface area contributed by atoms with Crippen LogP contribution in [-0.2, 0) is 11.2 Å². The Balaban J connectivity index is 1.95. The Hall–Kier alpha value is -3.39. The molecule has 154 valence electrons. The predicted octanol–water partition coefficient (Wildman–Crippen LogP) is 3.87. The van der Waals surface area contributed by atoms with E-state index in [0.29, 0.717) is 22.9 Å². The third-order valence-corrected chi connectivity index (χ3v) is 5.01. The monoisotopic (exact) mass is 424 g/mol. The van der Waals surface area contributed by atoms with Gasteiger partial charge in [-0.15, -0.1) is 0 Å². The predicted molar refractivity (Wildman–Crippen MR) is 115 cm³/mol. The number of aryl methyl sites for hydroxylation is 2. The molecule has 4 rings (SSSR count). The van der Waals surface area contributed by atoms with E-state index < -0.39 is 5.97 Å². The molecule has 0 atom stereocenters. The number of aromatic nitrogens is 5. The number of fused-ring (bicyclic) bond motifs is 1. The number of esters is 1. The first-order valence-electron chi connectivity index (χ1n) is 9.60. The maximum Gasteiger partial charge on any atom is 0.343 e. The van der Waals surface area contributed by atoms with Crippen LogP contribution in [0.4, 0.5) is 5.82 Å². The Kier molecular flexibility index (Phi) is 5.17. The molecule has 8 nitrogen and oxygen atoms in total. The molecule has 0 aliphatic heterocycles. The number of ether oxygens (including phenoxy) is 1. The molecule has 1 aromatic carbocycles. The minimum Gasteiger partial charge on any atom is -0.462 e. The number of halogens is 1. The Morgan fingerprint density at radius 3 is 2.63 bits per heavy atom. The van der Waals surface area contributed by atoms with Gasteiger partial charge < -0.3 is 10.5 Å². The summed E-state index contributed by atoms with van der Waals surface area (Å²) < 4.78 is 8.24. The van der Waals surface area contributed by atoms with Gasteiger partial charge in [0.2, 0.25) is 0 Å². The van der Waals surface area contributed by atoms with Crippen molar-refractivity contribution >= 4 is 29.0 Å². The number of hydrogen-bond donors (Lipinski definition) is 1. The number of rotatable bonds is 5. The van der Waals surface area contributed by atoms with Gasteiger partial charge in [-0.2, -0.15) is 19.4 Å². The molecule has 0 saturated carbocycles. The van der Waals surface area contributed by atoms with Crippen molar-refractivity contribution in [2.75, 3.05) is 12.3 Å². The van der Waals surface area contributed by atoms with Gasteiger partial charge in [0.1, 0.15) is 11.4 Å². The highest BCUT2D eigenvalue weighted by molar-refractivity contribution is 6.30. The Morgan fingerprint density at radius 1 is 1.23 bits per heavy atom. The van der Waals surface area contributed by atoms with Gasteiger partial charge in [0.25, 0.3) is 0 Å². The van der Waals surface area contributed by atoms with Crippen LogP contribution in [0, 0.1) is 6.92 Å². The molecule has 3 heterocycles. The minimum atomic E-state index is -0.514. The van der Waals surface area contributed by atoms with Crippen LogP contribution in [-0.4, -0.2) is 37.0 Å². The van der Waals surface area contributed by atoms with Crippen molar-refractivity contribution in [3.63, 3.8) is 0 Å². The number of nitrogens with zero attached hydrogens (tertiary/aromatic N) is 5. The molecule has 0 aliphatic carbocycles. The van der Waals surface area contributed by atoms with E-state index in [0.717, 1.165) is 22.5 Å². The summed E-state index contributed by atoms with van der Waals surface area (Å²) in [5.74, 6) is 0.252. The summed E-state index contributed by atoms with van der Waals surface area (Å²) in [4.78, 5) is 16.9. The third kappa shape index (κ3) is 3.29. The SMILES string of the molecule is CCOC(=O)c1cnn(-c2cc(C)nc3c(-c4ccc(Cl)cc4)c(CC)nn23)c1N. The molecule has 0 spiro atoms. The highest BCUT2D eigenvalue weighted by Gasteiger charge is 2.22. The fourth-order valence-electron chi connectivity index (χ4n) is 3.38. The molecule has 0 fully saturated rings. The number of carbonyl (C=O) groups is 1. The number of anilines is 1. The normalized spacial score (nSPS) is 11.2. The second-order valence-electron chi connectivity index (χ2n) is 6.75. The topological polar surface area (TPSA) is 100 Å². The van der Waals surface area contributed by atoms with E-state index in [1.165, 1.54) is 10.9 Å². The molecule has 4 aromatic rings. The Bertz CT molecular complexity index is 1240. The number of nitrogens with two attached hydrogens (primary N) is 1. The van der Waals surface area contributed by atoms with Gasteiger partial charge in [-0.3, -0.25) is 0 Å². The average molecular weight is 425 g/mol. The summed E-state index contributed by atoms with van der Waals surface area (Å²) in [6, 6.07) is 9.40. The van der Waals surface area contributed by atoms with Crippen LogP contribution < -0.4 is 5.73 Å². The van der Waals surface area contributed by atoms with Gasteiger partial charge in [-0.1, -0.05) is 30.7 Å². The quantitative estimate of drug-likeness (QED) is 0.488. The van der Waals surface area contributed by atoms with Gasteiger partial charge >= 0.3 is 5.97 Å². The molecule has 2 N–H and O–H groups in total. The first kappa shape index (κ1) is 19.9. The zero-order chi connectivity index (χ0) is 21.4. The van der Waals surface area contributed by atoms with Gasteiger partial charge in [-0.25, -0.2) is 9.78 Å². The summed E-state index contributed by atoms with van der Waals surface area (Å²) >= 11 is 6.06. The molecular formula is C21H21ClN6O2. The molecule has 0 aliphatic rings. The van der Waals surface area contributed by atoms with Crippen molar-refractivity contribution in [2.45, 2.75) is 27.2 Å². The van der Waals surface area contributed by atoms with Crippen molar-refractivity contribution in [1.82, 2.24) is 24.4 Å². The summed E-state index contributed by atoms with van der Waals surface area (Å²) in [7, 11) is 0. The van der Waals surface area contributed by atoms with Crippen LogP contribution in [0.3, 0.4) is 0 Å². The first-order valence-corrected chi connectivity index (χ1v) is 9.98. The van der Waals surface area contributed by atoms with Crippen molar-refractivity contribution < 1.29 is 9.53 Å². The summed E-state index contributed by atoms with van der Waals surface area (Å²) in [5, 5.41) is 9.74. The summed E-state index contributed by atoms with van der Waals surface area (Å²) in [6.45, 7) is 5.92. The van der Waals surface area contributed by atoms with Gasteiger partial charge in [0.15, 0.2) is 11.5 Å². The fourth-order valence-corrected chi connectivity index (χ4v) is 3.51. The lowest BCUT2D eigenvalue weighted by atomic mass is 10.0. The maximum absolute atomic E-state index is 12.2.